The van der Waals surface area contributed by atoms with Gasteiger partial charge in [-0.25, -0.2) is 0 Å². The first kappa shape index (κ1) is 14.3. The van der Waals surface area contributed by atoms with Crippen LogP contribution in [0.3, 0.4) is 0 Å². The molecule has 0 saturated heterocycles. The highest BCUT2D eigenvalue weighted by molar-refractivity contribution is 9.10. The number of hydrogen-bond donors (Lipinski definition) is 1. The number of nitrogens with zero attached hydrogens (tertiary/aromatic N) is 2. The van der Waals surface area contributed by atoms with Crippen molar-refractivity contribution in [2.45, 2.75) is 37.8 Å². The third-order valence-corrected chi connectivity index (χ3v) is 5.49. The van der Waals surface area contributed by atoms with E-state index < -0.39 is 0 Å². The van der Waals surface area contributed by atoms with Crippen LogP contribution in [-0.4, -0.2) is 34.1 Å². The lowest BCUT2D eigenvalue weighted by molar-refractivity contribution is 0.135. The Morgan fingerprint density at radius 3 is 2.70 bits per heavy atom. The number of nitrogens with one attached hydrogen (secondary N) is 1. The van der Waals surface area contributed by atoms with Gasteiger partial charge in [-0.1, -0.05) is 28.8 Å². The van der Waals surface area contributed by atoms with Gasteiger partial charge in [-0.2, -0.15) is 0 Å². The standard InChI is InChI=1S/C15H20BrN3S/c1-18(2)15(7-3-4-8-15)10-19-13-9-11(16)5-6-12(13)17-14(19)20/h5-6,9H,3-4,7-8,10H2,1-2H3,(H,17,20). The van der Waals surface area contributed by atoms with Gasteiger partial charge in [-0.3, -0.25) is 0 Å². The highest BCUT2D eigenvalue weighted by Crippen LogP contribution is 2.36. The first-order chi connectivity index (χ1) is 9.52. The lowest BCUT2D eigenvalue weighted by Crippen LogP contribution is -2.45. The lowest BCUT2D eigenvalue weighted by Gasteiger charge is -2.36. The Balaban J connectivity index is 2.08. The van der Waals surface area contributed by atoms with E-state index in [1.165, 1.54) is 31.2 Å². The molecular formula is C15H20BrN3S. The van der Waals surface area contributed by atoms with Crippen LogP contribution in [0.4, 0.5) is 0 Å². The summed E-state index contributed by atoms with van der Waals surface area (Å²) < 4.78 is 4.19. The van der Waals surface area contributed by atoms with E-state index in [0.29, 0.717) is 0 Å². The van der Waals surface area contributed by atoms with Gasteiger partial charge >= 0.3 is 0 Å². The predicted octanol–water partition coefficient (Wildman–Crippen LogP) is 4.34. The maximum atomic E-state index is 5.54. The molecule has 108 valence electrons. The molecule has 1 saturated carbocycles. The summed E-state index contributed by atoms with van der Waals surface area (Å²) in [6.45, 7) is 0.968. The average Bonchev–Trinajstić information content (AvgIpc) is 2.98. The van der Waals surface area contributed by atoms with Crippen LogP contribution in [0.15, 0.2) is 22.7 Å². The van der Waals surface area contributed by atoms with E-state index in [1.54, 1.807) is 0 Å². The van der Waals surface area contributed by atoms with Crippen molar-refractivity contribution < 1.29 is 0 Å². The minimum absolute atomic E-state index is 0.246. The number of likely N-dealkylation sites (N-methyl/N-ethyl adjacent to an activating group) is 1. The molecule has 1 N–H and O–H groups in total. The van der Waals surface area contributed by atoms with Crippen molar-refractivity contribution in [2.75, 3.05) is 14.1 Å². The Kier molecular flexibility index (Phi) is 3.77. The molecule has 1 aliphatic rings. The quantitative estimate of drug-likeness (QED) is 0.830. The Morgan fingerprint density at radius 2 is 2.05 bits per heavy atom. The molecule has 1 heterocycles. The molecule has 0 unspecified atom stereocenters. The number of aromatic nitrogens is 2. The van der Waals surface area contributed by atoms with Crippen LogP contribution in [0, 0.1) is 4.77 Å². The van der Waals surface area contributed by atoms with Gasteiger partial charge in [0, 0.05) is 16.6 Å². The highest BCUT2D eigenvalue weighted by Gasteiger charge is 2.36. The second-order valence-corrected chi connectivity index (χ2v) is 7.31. The van der Waals surface area contributed by atoms with Crippen molar-refractivity contribution in [3.8, 4) is 0 Å². The normalized spacial score (nSPS) is 18.2. The number of halogens is 1. The number of aromatic amines is 1. The molecule has 0 atom stereocenters. The first-order valence-corrected chi connectivity index (χ1v) is 8.27. The van der Waals surface area contributed by atoms with Crippen LogP contribution in [0.5, 0.6) is 0 Å². The van der Waals surface area contributed by atoms with Gasteiger partial charge in [-0.05, 0) is 57.4 Å². The van der Waals surface area contributed by atoms with Crippen LogP contribution in [0.25, 0.3) is 11.0 Å². The number of rotatable bonds is 3. The summed E-state index contributed by atoms with van der Waals surface area (Å²) in [5.74, 6) is 0. The Hall–Kier alpha value is -0.650. The summed E-state index contributed by atoms with van der Waals surface area (Å²) >= 11 is 9.10. The molecule has 0 bridgehead atoms. The molecule has 0 aliphatic heterocycles. The van der Waals surface area contributed by atoms with E-state index in [-0.39, 0.29) is 5.54 Å². The van der Waals surface area contributed by atoms with Crippen molar-refractivity contribution >= 4 is 39.2 Å². The molecule has 1 aliphatic carbocycles. The lowest BCUT2D eigenvalue weighted by atomic mass is 9.96. The number of hydrogen-bond acceptors (Lipinski definition) is 2. The summed E-state index contributed by atoms with van der Waals surface area (Å²) in [6, 6.07) is 6.29. The SMILES string of the molecule is CN(C)C1(Cn2c(=S)[nH]c3ccc(Br)cc32)CCCC1. The molecular weight excluding hydrogens is 334 g/mol. The molecule has 0 amide bonds. The van der Waals surface area contributed by atoms with Crippen LogP contribution in [0.2, 0.25) is 0 Å². The minimum atomic E-state index is 0.246. The van der Waals surface area contributed by atoms with E-state index in [2.05, 4.69) is 62.7 Å². The zero-order valence-corrected chi connectivity index (χ0v) is 14.4. The Bertz CT molecular complexity index is 680. The van der Waals surface area contributed by atoms with E-state index >= 15 is 0 Å². The van der Waals surface area contributed by atoms with Gasteiger partial charge in [0.2, 0.25) is 0 Å². The molecule has 2 aromatic rings. The van der Waals surface area contributed by atoms with Crippen molar-refractivity contribution in [3.63, 3.8) is 0 Å². The van der Waals surface area contributed by atoms with Crippen molar-refractivity contribution in [1.82, 2.24) is 14.5 Å². The van der Waals surface area contributed by atoms with Crippen LogP contribution in [-0.2, 0) is 6.54 Å². The van der Waals surface area contributed by atoms with Crippen molar-refractivity contribution in [3.05, 3.63) is 27.4 Å². The topological polar surface area (TPSA) is 24.0 Å². The maximum Gasteiger partial charge on any atom is 0.178 e. The third kappa shape index (κ3) is 2.36. The van der Waals surface area contributed by atoms with Crippen LogP contribution in [0.1, 0.15) is 25.7 Å². The molecule has 0 spiro atoms. The molecule has 0 radical (unpaired) electrons. The van der Waals surface area contributed by atoms with E-state index in [1.807, 2.05) is 0 Å². The Labute approximate surface area is 133 Å². The van der Waals surface area contributed by atoms with Gasteiger partial charge in [-0.15, -0.1) is 0 Å². The Morgan fingerprint density at radius 1 is 1.35 bits per heavy atom. The molecule has 5 heteroatoms. The fraction of sp³-hybridized carbons (Fsp3) is 0.533. The average molecular weight is 354 g/mol. The summed E-state index contributed by atoms with van der Waals surface area (Å²) in [6.07, 6.45) is 5.14. The molecule has 1 aromatic heterocycles. The van der Waals surface area contributed by atoms with Gasteiger partial charge < -0.3 is 14.5 Å². The monoisotopic (exact) mass is 353 g/mol. The fourth-order valence-corrected chi connectivity index (χ4v) is 3.98. The molecule has 3 nitrogen and oxygen atoms in total. The second kappa shape index (κ2) is 5.28. The van der Waals surface area contributed by atoms with Gasteiger partial charge in [0.15, 0.2) is 4.77 Å². The molecule has 1 aromatic carbocycles. The number of fused-ring (bicyclic) bond motifs is 1. The van der Waals surface area contributed by atoms with Crippen LogP contribution < -0.4 is 0 Å². The molecule has 20 heavy (non-hydrogen) atoms. The summed E-state index contributed by atoms with van der Waals surface area (Å²) in [4.78, 5) is 5.71. The number of imidazole rings is 1. The van der Waals surface area contributed by atoms with Crippen molar-refractivity contribution in [2.24, 2.45) is 0 Å². The summed E-state index contributed by atoms with van der Waals surface area (Å²) in [7, 11) is 4.39. The minimum Gasteiger partial charge on any atom is -0.331 e. The number of benzene rings is 1. The number of H-pyrrole nitrogens is 1. The zero-order chi connectivity index (χ0) is 14.3. The van der Waals surface area contributed by atoms with E-state index in [0.717, 1.165) is 21.3 Å². The predicted molar refractivity (Wildman–Crippen MR) is 89.7 cm³/mol. The molecule has 1 fully saturated rings. The largest absolute Gasteiger partial charge is 0.331 e. The smallest absolute Gasteiger partial charge is 0.178 e. The third-order valence-electron chi connectivity index (χ3n) is 4.67. The summed E-state index contributed by atoms with van der Waals surface area (Å²) in [5.41, 5.74) is 2.55. The maximum absolute atomic E-state index is 5.54. The fourth-order valence-electron chi connectivity index (χ4n) is 3.36. The van der Waals surface area contributed by atoms with E-state index in [4.69, 9.17) is 12.2 Å². The summed E-state index contributed by atoms with van der Waals surface area (Å²) in [5, 5.41) is 0. The van der Waals surface area contributed by atoms with Gasteiger partial charge in [0.25, 0.3) is 0 Å². The zero-order valence-electron chi connectivity index (χ0n) is 11.9. The van der Waals surface area contributed by atoms with Gasteiger partial charge in [0.1, 0.15) is 0 Å². The highest BCUT2D eigenvalue weighted by atomic mass is 79.9. The first-order valence-electron chi connectivity index (χ1n) is 7.07. The van der Waals surface area contributed by atoms with E-state index in [9.17, 15) is 0 Å². The second-order valence-electron chi connectivity index (χ2n) is 6.00. The molecule has 3 rings (SSSR count). The van der Waals surface area contributed by atoms with Crippen molar-refractivity contribution in [1.29, 1.82) is 0 Å². The van der Waals surface area contributed by atoms with Crippen LogP contribution >= 0.6 is 28.1 Å². The van der Waals surface area contributed by atoms with Gasteiger partial charge in [0.05, 0.1) is 11.0 Å².